The molecule has 0 bridgehead atoms. The number of rotatable bonds is 6. The Labute approximate surface area is 97.2 Å². The van der Waals surface area contributed by atoms with Crippen molar-refractivity contribution in [2.75, 3.05) is 20.3 Å². The van der Waals surface area contributed by atoms with Gasteiger partial charge in [0.05, 0.1) is 13.2 Å². The lowest BCUT2D eigenvalue weighted by atomic mass is 9.99. The lowest BCUT2D eigenvalue weighted by Crippen LogP contribution is -2.38. The van der Waals surface area contributed by atoms with E-state index in [1.807, 2.05) is 0 Å². The van der Waals surface area contributed by atoms with Crippen LogP contribution in [0.25, 0.3) is 0 Å². The van der Waals surface area contributed by atoms with Crippen LogP contribution >= 0.6 is 0 Å². The maximum Gasteiger partial charge on any atom is 0.302 e. The molecule has 4 nitrogen and oxygen atoms in total. The standard InChI is InChI=1S/C12H22O4/c1-11(13)15-9-5-3-7-12(14-2)8-4-6-10-16-12/h3-10H2,1-2H3/t12-/m0/s1. The molecule has 1 saturated heterocycles. The lowest BCUT2D eigenvalue weighted by molar-refractivity contribution is -0.246. The molecule has 1 heterocycles. The van der Waals surface area contributed by atoms with Gasteiger partial charge in [-0.05, 0) is 25.7 Å². The first kappa shape index (κ1) is 13.5. The van der Waals surface area contributed by atoms with Gasteiger partial charge in [-0.25, -0.2) is 0 Å². The minimum absolute atomic E-state index is 0.213. The summed E-state index contributed by atoms with van der Waals surface area (Å²) in [4.78, 5) is 10.6. The number of hydrogen-bond acceptors (Lipinski definition) is 4. The molecule has 1 atom stereocenters. The second kappa shape index (κ2) is 6.86. The van der Waals surface area contributed by atoms with Crippen LogP contribution < -0.4 is 0 Å². The van der Waals surface area contributed by atoms with Crippen LogP contribution in [0.5, 0.6) is 0 Å². The molecule has 4 heteroatoms. The third-order valence-corrected chi connectivity index (χ3v) is 2.95. The number of ether oxygens (including phenoxy) is 3. The van der Waals surface area contributed by atoms with E-state index in [0.717, 1.165) is 45.1 Å². The summed E-state index contributed by atoms with van der Waals surface area (Å²) in [6.07, 6.45) is 5.97. The van der Waals surface area contributed by atoms with Gasteiger partial charge in [-0.15, -0.1) is 0 Å². The molecule has 94 valence electrons. The fraction of sp³-hybridized carbons (Fsp3) is 0.917. The molecular weight excluding hydrogens is 208 g/mol. The highest BCUT2D eigenvalue weighted by atomic mass is 16.7. The van der Waals surface area contributed by atoms with E-state index in [1.54, 1.807) is 7.11 Å². The Hall–Kier alpha value is -0.610. The van der Waals surface area contributed by atoms with Gasteiger partial charge in [-0.1, -0.05) is 0 Å². The summed E-state index contributed by atoms with van der Waals surface area (Å²) < 4.78 is 16.1. The van der Waals surface area contributed by atoms with Crippen LogP contribution in [0.4, 0.5) is 0 Å². The number of hydrogen-bond donors (Lipinski definition) is 0. The summed E-state index contributed by atoms with van der Waals surface area (Å²) >= 11 is 0. The molecule has 0 aromatic rings. The highest BCUT2D eigenvalue weighted by Gasteiger charge is 2.32. The fourth-order valence-corrected chi connectivity index (χ4v) is 2.00. The molecule has 0 unspecified atom stereocenters. The fourth-order valence-electron chi connectivity index (χ4n) is 2.00. The molecule has 16 heavy (non-hydrogen) atoms. The monoisotopic (exact) mass is 230 g/mol. The largest absolute Gasteiger partial charge is 0.466 e. The lowest BCUT2D eigenvalue weighted by Gasteiger charge is -2.36. The molecule has 0 N–H and O–H groups in total. The Morgan fingerprint density at radius 3 is 2.75 bits per heavy atom. The van der Waals surface area contributed by atoms with Crippen molar-refractivity contribution < 1.29 is 19.0 Å². The van der Waals surface area contributed by atoms with Crippen LogP contribution in [0.2, 0.25) is 0 Å². The summed E-state index contributed by atoms with van der Waals surface area (Å²) in [6.45, 7) is 2.72. The van der Waals surface area contributed by atoms with E-state index in [4.69, 9.17) is 14.2 Å². The summed E-state index contributed by atoms with van der Waals surface area (Å²) in [6, 6.07) is 0. The van der Waals surface area contributed by atoms with Crippen molar-refractivity contribution in [2.45, 2.75) is 51.2 Å². The molecule has 0 spiro atoms. The minimum atomic E-state index is -0.380. The van der Waals surface area contributed by atoms with Crippen molar-refractivity contribution in [3.8, 4) is 0 Å². The van der Waals surface area contributed by atoms with Crippen LogP contribution in [0.1, 0.15) is 45.4 Å². The van der Waals surface area contributed by atoms with E-state index < -0.39 is 0 Å². The van der Waals surface area contributed by atoms with E-state index in [1.165, 1.54) is 6.92 Å². The third-order valence-electron chi connectivity index (χ3n) is 2.95. The smallest absolute Gasteiger partial charge is 0.302 e. The topological polar surface area (TPSA) is 44.8 Å². The quantitative estimate of drug-likeness (QED) is 0.518. The summed E-state index contributed by atoms with van der Waals surface area (Å²) in [5.41, 5.74) is 0. The van der Waals surface area contributed by atoms with E-state index >= 15 is 0 Å². The highest BCUT2D eigenvalue weighted by Crippen LogP contribution is 2.30. The van der Waals surface area contributed by atoms with Gasteiger partial charge in [0.1, 0.15) is 0 Å². The Morgan fingerprint density at radius 1 is 1.38 bits per heavy atom. The van der Waals surface area contributed by atoms with Crippen molar-refractivity contribution in [1.82, 2.24) is 0 Å². The van der Waals surface area contributed by atoms with Crippen LogP contribution in [-0.4, -0.2) is 32.1 Å². The van der Waals surface area contributed by atoms with Crippen molar-refractivity contribution in [3.05, 3.63) is 0 Å². The summed E-state index contributed by atoms with van der Waals surface area (Å²) in [7, 11) is 1.71. The normalized spacial score (nSPS) is 25.4. The minimum Gasteiger partial charge on any atom is -0.466 e. The zero-order valence-corrected chi connectivity index (χ0v) is 10.3. The van der Waals surface area contributed by atoms with Crippen LogP contribution in [0.3, 0.4) is 0 Å². The van der Waals surface area contributed by atoms with Crippen molar-refractivity contribution in [1.29, 1.82) is 0 Å². The zero-order valence-electron chi connectivity index (χ0n) is 10.3. The second-order valence-corrected chi connectivity index (χ2v) is 4.22. The molecule has 1 fully saturated rings. The van der Waals surface area contributed by atoms with Crippen LogP contribution in [0.15, 0.2) is 0 Å². The Kier molecular flexibility index (Phi) is 5.77. The van der Waals surface area contributed by atoms with Crippen molar-refractivity contribution in [3.63, 3.8) is 0 Å². The van der Waals surface area contributed by atoms with E-state index in [2.05, 4.69) is 0 Å². The average Bonchev–Trinajstić information content (AvgIpc) is 2.29. The predicted molar refractivity (Wildman–Crippen MR) is 60.0 cm³/mol. The average molecular weight is 230 g/mol. The first-order chi connectivity index (χ1) is 7.68. The Morgan fingerprint density at radius 2 is 2.19 bits per heavy atom. The molecule has 1 rings (SSSR count). The molecular formula is C12H22O4. The molecule has 0 amide bonds. The van der Waals surface area contributed by atoms with Crippen LogP contribution in [-0.2, 0) is 19.0 Å². The molecule has 0 aromatic heterocycles. The molecule has 0 aliphatic carbocycles. The number of unbranched alkanes of at least 4 members (excludes halogenated alkanes) is 1. The highest BCUT2D eigenvalue weighted by molar-refractivity contribution is 5.65. The summed E-state index contributed by atoms with van der Waals surface area (Å²) in [5, 5.41) is 0. The van der Waals surface area contributed by atoms with Gasteiger partial charge < -0.3 is 14.2 Å². The first-order valence-electron chi connectivity index (χ1n) is 6.01. The van der Waals surface area contributed by atoms with Gasteiger partial charge in [0.15, 0.2) is 5.79 Å². The second-order valence-electron chi connectivity index (χ2n) is 4.22. The molecule has 1 aliphatic rings. The number of methoxy groups -OCH3 is 1. The van der Waals surface area contributed by atoms with Gasteiger partial charge in [-0.2, -0.15) is 0 Å². The first-order valence-corrected chi connectivity index (χ1v) is 6.01. The Bertz CT molecular complexity index is 209. The van der Waals surface area contributed by atoms with Gasteiger partial charge >= 0.3 is 5.97 Å². The van der Waals surface area contributed by atoms with Gasteiger partial charge in [0.2, 0.25) is 0 Å². The van der Waals surface area contributed by atoms with Crippen LogP contribution in [0, 0.1) is 0 Å². The maximum absolute atomic E-state index is 10.6. The number of carbonyl (C=O) groups is 1. The number of carbonyl (C=O) groups excluding carboxylic acids is 1. The predicted octanol–water partition coefficient (Wildman–Crippen LogP) is 2.26. The molecule has 0 saturated carbocycles. The zero-order chi connectivity index (χ0) is 11.9. The third kappa shape index (κ3) is 4.49. The van der Waals surface area contributed by atoms with Crippen molar-refractivity contribution >= 4 is 5.97 Å². The molecule has 1 aliphatic heterocycles. The van der Waals surface area contributed by atoms with E-state index in [9.17, 15) is 4.79 Å². The molecule has 0 radical (unpaired) electrons. The van der Waals surface area contributed by atoms with Gasteiger partial charge in [0, 0.05) is 26.9 Å². The van der Waals surface area contributed by atoms with E-state index in [-0.39, 0.29) is 11.8 Å². The van der Waals surface area contributed by atoms with Gasteiger partial charge in [0.25, 0.3) is 0 Å². The van der Waals surface area contributed by atoms with Crippen molar-refractivity contribution in [2.24, 2.45) is 0 Å². The SMILES string of the molecule is CO[C@]1(CCCCOC(C)=O)CCCCO1. The van der Waals surface area contributed by atoms with Gasteiger partial charge in [-0.3, -0.25) is 4.79 Å². The molecule has 0 aromatic carbocycles. The number of esters is 1. The Balaban J connectivity index is 2.15. The summed E-state index contributed by atoms with van der Waals surface area (Å²) in [5.74, 6) is -0.593. The maximum atomic E-state index is 10.6. The van der Waals surface area contributed by atoms with E-state index in [0.29, 0.717) is 6.61 Å².